The highest BCUT2D eigenvalue weighted by atomic mass is 32.2. The van der Waals surface area contributed by atoms with E-state index in [1.807, 2.05) is 0 Å². The molecule has 204 valence electrons. The Morgan fingerprint density at radius 2 is 1.49 bits per heavy atom. The summed E-state index contributed by atoms with van der Waals surface area (Å²) in [5, 5.41) is 2.72. The van der Waals surface area contributed by atoms with E-state index in [4.69, 9.17) is 9.47 Å². The van der Waals surface area contributed by atoms with Crippen LogP contribution in [-0.4, -0.2) is 72.3 Å². The van der Waals surface area contributed by atoms with Gasteiger partial charge in [-0.1, -0.05) is 25.3 Å². The first-order chi connectivity index (χ1) is 17.4. The molecule has 0 bridgehead atoms. The predicted molar refractivity (Wildman–Crippen MR) is 141 cm³/mol. The van der Waals surface area contributed by atoms with Gasteiger partial charge in [0.15, 0.2) is 11.5 Å². The number of nitrogens with zero attached hydrogens (tertiary/aromatic N) is 2. The van der Waals surface area contributed by atoms with E-state index >= 15 is 0 Å². The van der Waals surface area contributed by atoms with E-state index in [9.17, 15) is 21.6 Å². The van der Waals surface area contributed by atoms with Crippen LogP contribution >= 0.6 is 0 Å². The molecule has 0 aromatic heterocycles. The van der Waals surface area contributed by atoms with Crippen molar-refractivity contribution in [2.45, 2.75) is 54.9 Å². The lowest BCUT2D eigenvalue weighted by Gasteiger charge is -2.33. The molecule has 0 spiro atoms. The summed E-state index contributed by atoms with van der Waals surface area (Å²) >= 11 is 0. The van der Waals surface area contributed by atoms with E-state index in [0.29, 0.717) is 29.8 Å². The zero-order valence-electron chi connectivity index (χ0n) is 21.9. The number of rotatable bonds is 10. The Balaban J connectivity index is 1.93. The fraction of sp³-hybridized carbons (Fsp3) is 0.480. The molecule has 37 heavy (non-hydrogen) atoms. The number of ether oxygens (including phenoxy) is 2. The standard InChI is InChI=1S/C25H35N3O7S2/c1-18-11-12-20(36(30,31)27(2)3)15-22(18)26-25(29)17-28(19-9-7-6-8-10-19)37(32,33)21-13-14-23(34-4)24(16-21)35-5/h11-16,19H,6-10,17H2,1-5H3,(H,26,29). The predicted octanol–water partition coefficient (Wildman–Crippen LogP) is 3.22. The number of anilines is 1. The number of amides is 1. The van der Waals surface area contributed by atoms with Crippen molar-refractivity contribution in [1.82, 2.24) is 8.61 Å². The number of nitrogens with one attached hydrogen (secondary N) is 1. The van der Waals surface area contributed by atoms with E-state index in [-0.39, 0.29) is 21.6 Å². The highest BCUT2D eigenvalue weighted by Crippen LogP contribution is 2.33. The van der Waals surface area contributed by atoms with Gasteiger partial charge in [0.05, 0.1) is 30.6 Å². The van der Waals surface area contributed by atoms with Crippen LogP contribution in [0.25, 0.3) is 0 Å². The average molecular weight is 554 g/mol. The summed E-state index contributed by atoms with van der Waals surface area (Å²) in [6.07, 6.45) is 4.05. The van der Waals surface area contributed by atoms with Crippen LogP contribution in [0.4, 0.5) is 5.69 Å². The molecule has 1 aliphatic carbocycles. The third kappa shape index (κ3) is 6.43. The molecule has 2 aromatic rings. The van der Waals surface area contributed by atoms with Crippen LogP contribution < -0.4 is 14.8 Å². The second-order valence-corrected chi connectivity index (χ2v) is 13.2. The van der Waals surface area contributed by atoms with E-state index in [0.717, 1.165) is 23.6 Å². The Hall–Kier alpha value is -2.67. The van der Waals surface area contributed by atoms with Crippen molar-refractivity contribution in [1.29, 1.82) is 0 Å². The number of benzene rings is 2. The summed E-state index contributed by atoms with van der Waals surface area (Å²) in [7, 11) is -2.04. The first kappa shape index (κ1) is 28.9. The largest absolute Gasteiger partial charge is 0.493 e. The van der Waals surface area contributed by atoms with Crippen LogP contribution in [0.3, 0.4) is 0 Å². The fourth-order valence-corrected chi connectivity index (χ4v) is 6.92. The third-order valence-electron chi connectivity index (χ3n) is 6.50. The van der Waals surface area contributed by atoms with Gasteiger partial charge < -0.3 is 14.8 Å². The number of aryl methyl sites for hydroxylation is 1. The quantitative estimate of drug-likeness (QED) is 0.479. The Kier molecular flexibility index (Phi) is 9.22. The molecule has 1 aliphatic rings. The summed E-state index contributed by atoms with van der Waals surface area (Å²) < 4.78 is 65.5. The van der Waals surface area contributed by atoms with Crippen LogP contribution in [0.15, 0.2) is 46.2 Å². The van der Waals surface area contributed by atoms with Crippen molar-refractivity contribution in [3.05, 3.63) is 42.0 Å². The molecule has 0 heterocycles. The number of sulfonamides is 2. The average Bonchev–Trinajstić information content (AvgIpc) is 2.88. The molecule has 10 nitrogen and oxygen atoms in total. The van der Waals surface area contributed by atoms with Gasteiger partial charge in [-0.15, -0.1) is 0 Å². The van der Waals surface area contributed by atoms with Crippen LogP contribution in [0.5, 0.6) is 11.5 Å². The highest BCUT2D eigenvalue weighted by Gasteiger charge is 2.34. The van der Waals surface area contributed by atoms with Crippen LogP contribution in [0, 0.1) is 6.92 Å². The van der Waals surface area contributed by atoms with E-state index in [1.165, 1.54) is 63.0 Å². The first-order valence-corrected chi connectivity index (χ1v) is 14.9. The molecule has 0 atom stereocenters. The molecule has 1 N–H and O–H groups in total. The molecule has 1 fully saturated rings. The second-order valence-electron chi connectivity index (χ2n) is 9.17. The number of hydrogen-bond acceptors (Lipinski definition) is 7. The SMILES string of the molecule is COc1ccc(S(=O)(=O)N(CC(=O)Nc2cc(S(=O)(=O)N(C)C)ccc2C)C2CCCCC2)cc1OC. The maximum Gasteiger partial charge on any atom is 0.243 e. The topological polar surface area (TPSA) is 122 Å². The normalized spacial score (nSPS) is 15.1. The molecule has 0 aliphatic heterocycles. The Bertz CT molecular complexity index is 1340. The zero-order valence-corrected chi connectivity index (χ0v) is 23.5. The Morgan fingerprint density at radius 1 is 0.892 bits per heavy atom. The number of carbonyl (C=O) groups excluding carboxylic acids is 1. The minimum absolute atomic E-state index is 0.00113. The van der Waals surface area contributed by atoms with Gasteiger partial charge in [-0.25, -0.2) is 21.1 Å². The van der Waals surface area contributed by atoms with Crippen molar-refractivity contribution in [2.24, 2.45) is 0 Å². The summed E-state index contributed by atoms with van der Waals surface area (Å²) in [5.74, 6) is 0.106. The number of hydrogen-bond donors (Lipinski definition) is 1. The Morgan fingerprint density at radius 3 is 2.08 bits per heavy atom. The van der Waals surface area contributed by atoms with Gasteiger partial charge in [0.25, 0.3) is 0 Å². The monoisotopic (exact) mass is 553 g/mol. The molecular weight excluding hydrogens is 518 g/mol. The van der Waals surface area contributed by atoms with E-state index in [2.05, 4.69) is 5.32 Å². The lowest BCUT2D eigenvalue weighted by molar-refractivity contribution is -0.116. The lowest BCUT2D eigenvalue weighted by atomic mass is 9.95. The Labute approximate surface area is 219 Å². The van der Waals surface area contributed by atoms with Gasteiger partial charge in [0.1, 0.15) is 0 Å². The first-order valence-electron chi connectivity index (χ1n) is 12.0. The second kappa shape index (κ2) is 11.8. The molecule has 12 heteroatoms. The van der Waals surface area contributed by atoms with Crippen molar-refractivity contribution in [3.8, 4) is 11.5 Å². The van der Waals surface area contributed by atoms with Gasteiger partial charge in [-0.3, -0.25) is 4.79 Å². The van der Waals surface area contributed by atoms with Gasteiger partial charge in [0.2, 0.25) is 26.0 Å². The molecule has 1 saturated carbocycles. The van der Waals surface area contributed by atoms with Gasteiger partial charge in [0, 0.05) is 31.9 Å². The molecular formula is C25H35N3O7S2. The van der Waals surface area contributed by atoms with E-state index < -0.39 is 32.5 Å². The van der Waals surface area contributed by atoms with Gasteiger partial charge >= 0.3 is 0 Å². The van der Waals surface area contributed by atoms with Crippen LogP contribution in [0.2, 0.25) is 0 Å². The smallest absolute Gasteiger partial charge is 0.243 e. The van der Waals surface area contributed by atoms with Crippen molar-refractivity contribution in [2.75, 3.05) is 40.2 Å². The van der Waals surface area contributed by atoms with Crippen LogP contribution in [0.1, 0.15) is 37.7 Å². The number of methoxy groups -OCH3 is 2. The maximum absolute atomic E-state index is 13.8. The summed E-state index contributed by atoms with van der Waals surface area (Å²) in [5.41, 5.74) is 0.957. The molecule has 0 saturated heterocycles. The maximum atomic E-state index is 13.8. The summed E-state index contributed by atoms with van der Waals surface area (Å²) in [4.78, 5) is 13.2. The molecule has 0 radical (unpaired) electrons. The molecule has 1 amide bonds. The van der Waals surface area contributed by atoms with Gasteiger partial charge in [-0.2, -0.15) is 4.31 Å². The lowest BCUT2D eigenvalue weighted by Crippen LogP contribution is -2.45. The summed E-state index contributed by atoms with van der Waals surface area (Å²) in [6, 6.07) is 8.47. The summed E-state index contributed by atoms with van der Waals surface area (Å²) in [6.45, 7) is 1.33. The molecule has 3 rings (SSSR count). The van der Waals surface area contributed by atoms with Crippen molar-refractivity contribution < 1.29 is 31.1 Å². The van der Waals surface area contributed by atoms with Crippen LogP contribution in [-0.2, 0) is 24.8 Å². The minimum Gasteiger partial charge on any atom is -0.493 e. The van der Waals surface area contributed by atoms with Crippen molar-refractivity contribution >= 4 is 31.6 Å². The fourth-order valence-electron chi connectivity index (χ4n) is 4.33. The number of carbonyl (C=O) groups is 1. The molecule has 0 unspecified atom stereocenters. The van der Waals surface area contributed by atoms with Gasteiger partial charge in [-0.05, 0) is 49.6 Å². The molecule has 2 aromatic carbocycles. The highest BCUT2D eigenvalue weighted by molar-refractivity contribution is 7.89. The van der Waals surface area contributed by atoms with E-state index in [1.54, 1.807) is 13.0 Å². The zero-order chi connectivity index (χ0) is 27.4. The minimum atomic E-state index is -4.06. The third-order valence-corrected chi connectivity index (χ3v) is 10.2. The van der Waals surface area contributed by atoms with Crippen molar-refractivity contribution in [3.63, 3.8) is 0 Å².